The van der Waals surface area contributed by atoms with Crippen molar-refractivity contribution < 1.29 is 14.3 Å². The zero-order valence-corrected chi connectivity index (χ0v) is 29.0. The zero-order valence-electron chi connectivity index (χ0n) is 28.2. The summed E-state index contributed by atoms with van der Waals surface area (Å²) in [4.78, 5) is 16.0. The van der Waals surface area contributed by atoms with Crippen LogP contribution in [0.2, 0.25) is 0 Å². The topological polar surface area (TPSA) is 62.8 Å². The predicted octanol–water partition coefficient (Wildman–Crippen LogP) is 9.27. The first kappa shape index (κ1) is 34.7. The third kappa shape index (κ3) is 9.69. The van der Waals surface area contributed by atoms with E-state index in [9.17, 15) is 4.79 Å². The van der Waals surface area contributed by atoms with Crippen LogP contribution in [0.15, 0.2) is 36.9 Å². The second-order valence-corrected chi connectivity index (χ2v) is 15.3. The molecule has 1 amide bonds. The van der Waals surface area contributed by atoms with Crippen molar-refractivity contribution in [2.45, 2.75) is 128 Å². The van der Waals surface area contributed by atoms with Gasteiger partial charge in [0.15, 0.2) is 0 Å². The van der Waals surface area contributed by atoms with Crippen LogP contribution in [-0.2, 0) is 4.74 Å². The van der Waals surface area contributed by atoms with Crippen molar-refractivity contribution in [3.63, 3.8) is 0 Å². The molecule has 6 nitrogen and oxygen atoms in total. The first-order valence-electron chi connectivity index (χ1n) is 17.3. The van der Waals surface area contributed by atoms with Gasteiger partial charge in [0.25, 0.3) is 0 Å². The van der Waals surface area contributed by atoms with Crippen molar-refractivity contribution >= 4 is 29.1 Å². The quantitative estimate of drug-likeness (QED) is 0.133. The van der Waals surface area contributed by atoms with E-state index in [2.05, 4.69) is 65.1 Å². The molecular formula is C37H59N3O3S. The van der Waals surface area contributed by atoms with Crippen LogP contribution >= 0.6 is 11.8 Å². The van der Waals surface area contributed by atoms with Crippen LogP contribution in [0.25, 0.3) is 5.57 Å². The minimum absolute atomic E-state index is 0.115. The van der Waals surface area contributed by atoms with Crippen molar-refractivity contribution in [1.82, 2.24) is 10.2 Å². The Balaban J connectivity index is 1.44. The average molecular weight is 626 g/mol. The van der Waals surface area contributed by atoms with Gasteiger partial charge >= 0.3 is 6.09 Å². The Hall–Kier alpha value is -2.12. The van der Waals surface area contributed by atoms with Crippen LogP contribution in [0, 0.1) is 11.8 Å². The lowest BCUT2D eigenvalue weighted by atomic mass is 9.72. The van der Waals surface area contributed by atoms with Gasteiger partial charge in [-0.3, -0.25) is 4.90 Å². The molecular weight excluding hydrogens is 566 g/mol. The molecule has 2 bridgehead atoms. The van der Waals surface area contributed by atoms with E-state index < -0.39 is 0 Å². The number of methoxy groups -OCH3 is 1. The molecule has 3 saturated heterocycles. The second kappa shape index (κ2) is 17.0. The monoisotopic (exact) mass is 625 g/mol. The summed E-state index contributed by atoms with van der Waals surface area (Å²) in [6.07, 6.45) is 19.5. The van der Waals surface area contributed by atoms with Crippen molar-refractivity contribution in [1.29, 1.82) is 0 Å². The van der Waals surface area contributed by atoms with Crippen LogP contribution < -0.4 is 15.4 Å². The number of piperidine rings is 3. The fourth-order valence-electron chi connectivity index (χ4n) is 7.18. The first-order valence-corrected chi connectivity index (χ1v) is 18.4. The SMILES string of the molecule is C=C[C@H]1CN2C(SCCCCCCCCCCCC)CC1C[C@H]2[C@H](OC(=O)NC(C)(C)C)C1=CCNc2ccc(OC)cc21. The number of benzene rings is 1. The van der Waals surface area contributed by atoms with Gasteiger partial charge in [-0.2, -0.15) is 0 Å². The van der Waals surface area contributed by atoms with Crippen LogP contribution in [0.4, 0.5) is 10.5 Å². The highest BCUT2D eigenvalue weighted by atomic mass is 32.2. The lowest BCUT2D eigenvalue weighted by Gasteiger charge is -2.55. The molecule has 6 atom stereocenters. The predicted molar refractivity (Wildman–Crippen MR) is 188 cm³/mol. The van der Waals surface area contributed by atoms with Crippen LogP contribution in [0.5, 0.6) is 5.75 Å². The number of nitrogens with one attached hydrogen (secondary N) is 2. The van der Waals surface area contributed by atoms with E-state index in [-0.39, 0.29) is 23.8 Å². The van der Waals surface area contributed by atoms with E-state index in [1.807, 2.05) is 26.8 Å². The molecule has 3 fully saturated rings. The molecule has 246 valence electrons. The van der Waals surface area contributed by atoms with Crippen molar-refractivity contribution in [3.05, 3.63) is 42.5 Å². The van der Waals surface area contributed by atoms with Gasteiger partial charge in [0.1, 0.15) is 11.9 Å². The lowest BCUT2D eigenvalue weighted by molar-refractivity contribution is -0.0414. The van der Waals surface area contributed by atoms with Gasteiger partial charge < -0.3 is 20.1 Å². The second-order valence-electron chi connectivity index (χ2n) is 14.1. The molecule has 1 aromatic carbocycles. The number of anilines is 1. The average Bonchev–Trinajstić information content (AvgIpc) is 3.01. The molecule has 7 heteroatoms. The van der Waals surface area contributed by atoms with Gasteiger partial charge in [-0.25, -0.2) is 4.79 Å². The normalized spacial score (nSPS) is 24.9. The molecule has 0 spiro atoms. The van der Waals surface area contributed by atoms with Gasteiger partial charge in [0.05, 0.1) is 18.5 Å². The highest BCUT2D eigenvalue weighted by molar-refractivity contribution is 7.99. The molecule has 0 aliphatic carbocycles. The Kier molecular flexibility index (Phi) is 13.4. The van der Waals surface area contributed by atoms with Gasteiger partial charge in [0.2, 0.25) is 0 Å². The number of alkyl carbamates (subject to hydrolysis) is 1. The highest BCUT2D eigenvalue weighted by Gasteiger charge is 2.49. The molecule has 0 aromatic heterocycles. The maximum Gasteiger partial charge on any atom is 0.408 e. The third-order valence-corrected chi connectivity index (χ3v) is 10.9. The van der Waals surface area contributed by atoms with E-state index in [4.69, 9.17) is 9.47 Å². The summed E-state index contributed by atoms with van der Waals surface area (Å²) in [5.74, 6) is 3.03. The van der Waals surface area contributed by atoms with Gasteiger partial charge in [-0.15, -0.1) is 18.3 Å². The van der Waals surface area contributed by atoms with E-state index in [1.165, 1.54) is 76.4 Å². The molecule has 3 unspecified atom stereocenters. The molecule has 0 saturated carbocycles. The minimum atomic E-state index is -0.376. The Morgan fingerprint density at radius 3 is 2.45 bits per heavy atom. The summed E-state index contributed by atoms with van der Waals surface area (Å²) in [7, 11) is 1.70. The number of amides is 1. The molecule has 0 radical (unpaired) electrons. The maximum absolute atomic E-state index is 13.3. The summed E-state index contributed by atoms with van der Waals surface area (Å²) in [5.41, 5.74) is 2.81. The summed E-state index contributed by atoms with van der Waals surface area (Å²) in [6.45, 7) is 14.1. The Labute approximate surface area is 272 Å². The number of fused-ring (bicyclic) bond motifs is 4. The minimum Gasteiger partial charge on any atom is -0.497 e. The van der Waals surface area contributed by atoms with Crippen molar-refractivity contribution in [2.24, 2.45) is 11.8 Å². The number of thioether (sulfide) groups is 1. The van der Waals surface area contributed by atoms with Crippen LogP contribution in [-0.4, -0.2) is 60.0 Å². The van der Waals surface area contributed by atoms with E-state index in [1.54, 1.807) is 7.11 Å². The van der Waals surface area contributed by atoms with E-state index in [0.717, 1.165) is 35.5 Å². The summed E-state index contributed by atoms with van der Waals surface area (Å²) >= 11 is 2.12. The van der Waals surface area contributed by atoms with Crippen molar-refractivity contribution in [3.8, 4) is 5.75 Å². The smallest absolute Gasteiger partial charge is 0.408 e. The van der Waals surface area contributed by atoms with Gasteiger partial charge in [-0.05, 0) is 75.8 Å². The molecule has 5 rings (SSSR count). The number of carbonyl (C=O) groups excluding carboxylic acids is 1. The number of unbranched alkanes of at least 4 members (excludes halogenated alkanes) is 9. The third-order valence-electron chi connectivity index (χ3n) is 9.50. The van der Waals surface area contributed by atoms with Crippen molar-refractivity contribution in [2.75, 3.05) is 31.3 Å². The molecule has 44 heavy (non-hydrogen) atoms. The lowest BCUT2D eigenvalue weighted by Crippen LogP contribution is -2.61. The largest absolute Gasteiger partial charge is 0.497 e. The highest BCUT2D eigenvalue weighted by Crippen LogP contribution is 2.48. The number of ether oxygens (including phenoxy) is 2. The van der Waals surface area contributed by atoms with E-state index in [0.29, 0.717) is 23.8 Å². The number of rotatable bonds is 17. The molecule has 2 N–H and O–H groups in total. The Morgan fingerprint density at radius 1 is 1.11 bits per heavy atom. The molecule has 4 aliphatic heterocycles. The number of hydrogen-bond donors (Lipinski definition) is 2. The molecule has 1 aromatic rings. The fourth-order valence-corrected chi connectivity index (χ4v) is 8.64. The van der Waals surface area contributed by atoms with Crippen LogP contribution in [0.1, 0.15) is 110 Å². The number of carbonyl (C=O) groups is 1. The van der Waals surface area contributed by atoms with Crippen LogP contribution in [0.3, 0.4) is 0 Å². The zero-order chi connectivity index (χ0) is 31.5. The Bertz CT molecular complexity index is 1100. The Morgan fingerprint density at radius 2 is 1.82 bits per heavy atom. The van der Waals surface area contributed by atoms with Gasteiger partial charge in [-0.1, -0.05) is 76.9 Å². The standard InChI is InChI=1S/C37H59N3O3S/c1-7-9-10-11-12-13-14-15-16-17-22-44-34-24-28-23-33(40(34)26-27(28)8-2)35(43-36(41)39-37(3,4)5)30-20-21-38-32-19-18-29(42-6)25-31(30)32/h8,18-20,25,27-28,33-35,38H,2,7,9-17,21-24,26H2,1,3-6H3,(H,39,41)/t27-,28?,33-,34?,35+/m0/s1. The summed E-state index contributed by atoms with van der Waals surface area (Å²) in [6, 6.07) is 6.24. The fraction of sp³-hybridized carbons (Fsp3) is 0.703. The van der Waals surface area contributed by atoms with E-state index >= 15 is 0 Å². The molecule has 4 aliphatic rings. The molecule has 4 heterocycles. The summed E-state index contributed by atoms with van der Waals surface area (Å²) < 4.78 is 12.1. The number of hydrogen-bond acceptors (Lipinski definition) is 6. The summed E-state index contributed by atoms with van der Waals surface area (Å²) in [5, 5.41) is 7.00. The maximum atomic E-state index is 13.3. The number of nitrogens with zero attached hydrogens (tertiary/aromatic N) is 1. The van der Waals surface area contributed by atoms with Gasteiger partial charge in [0, 0.05) is 35.5 Å². The first-order chi connectivity index (χ1) is 21.2.